The van der Waals surface area contributed by atoms with Crippen LogP contribution >= 0.6 is 0 Å². The fraction of sp³-hybridized carbons (Fsp3) is 0.467. The molecule has 0 spiro atoms. The zero-order valence-corrected chi connectivity index (χ0v) is 12.2. The van der Waals surface area contributed by atoms with Crippen LogP contribution in [0, 0.1) is 0 Å². The van der Waals surface area contributed by atoms with Crippen molar-refractivity contribution in [3.05, 3.63) is 29.8 Å². The first-order chi connectivity index (χ1) is 10.8. The van der Waals surface area contributed by atoms with Crippen LogP contribution in [-0.2, 0) is 11.3 Å². The van der Waals surface area contributed by atoms with E-state index < -0.39 is 12.8 Å². The smallest absolute Gasteiger partial charge is 0.422 e. The van der Waals surface area contributed by atoms with E-state index in [0.717, 1.165) is 12.8 Å². The molecule has 0 bridgehead atoms. The summed E-state index contributed by atoms with van der Waals surface area (Å²) in [4.78, 5) is 26.8. The molecule has 2 aliphatic rings. The molecule has 124 valence electrons. The number of hydrogen-bond donors (Lipinski definition) is 0. The molecule has 0 aromatic heterocycles. The Morgan fingerprint density at radius 2 is 1.78 bits per heavy atom. The lowest BCUT2D eigenvalue weighted by Crippen LogP contribution is -2.33. The number of carbonyl (C=O) groups excluding carboxylic acids is 2. The molecule has 1 saturated heterocycles. The van der Waals surface area contributed by atoms with Crippen molar-refractivity contribution in [1.82, 2.24) is 9.80 Å². The largest absolute Gasteiger partial charge is 0.484 e. The van der Waals surface area contributed by atoms with Gasteiger partial charge in [-0.1, -0.05) is 12.1 Å². The molecule has 8 heteroatoms. The van der Waals surface area contributed by atoms with Gasteiger partial charge in [-0.25, -0.2) is 4.79 Å². The fourth-order valence-corrected chi connectivity index (χ4v) is 2.43. The molecule has 1 aliphatic carbocycles. The van der Waals surface area contributed by atoms with Gasteiger partial charge in [-0.15, -0.1) is 0 Å². The van der Waals surface area contributed by atoms with E-state index in [2.05, 4.69) is 4.74 Å². The van der Waals surface area contributed by atoms with Crippen LogP contribution in [0.15, 0.2) is 24.3 Å². The first kappa shape index (κ1) is 15.6. The standard InChI is InChI=1S/C15H15F3N2O3/c16-15(17,18)9-23-12-5-1-10(2-6-12)7-20-13(21)8-19(14(20)22)11-3-4-11/h1-2,5-6,11H,3-4,7-9H2. The van der Waals surface area contributed by atoms with Gasteiger partial charge in [0.2, 0.25) is 0 Å². The van der Waals surface area contributed by atoms with Crippen molar-refractivity contribution >= 4 is 11.9 Å². The molecule has 23 heavy (non-hydrogen) atoms. The molecule has 1 saturated carbocycles. The van der Waals surface area contributed by atoms with Crippen molar-refractivity contribution in [2.75, 3.05) is 13.2 Å². The zero-order chi connectivity index (χ0) is 16.6. The Morgan fingerprint density at radius 3 is 2.35 bits per heavy atom. The summed E-state index contributed by atoms with van der Waals surface area (Å²) < 4.78 is 40.8. The third-order valence-corrected chi connectivity index (χ3v) is 3.74. The molecule has 1 heterocycles. The second-order valence-corrected chi connectivity index (χ2v) is 5.67. The average molecular weight is 328 g/mol. The molecule has 1 aromatic carbocycles. The van der Waals surface area contributed by atoms with Crippen LogP contribution in [0.3, 0.4) is 0 Å². The summed E-state index contributed by atoms with van der Waals surface area (Å²) in [5.41, 5.74) is 0.656. The number of rotatable bonds is 5. The predicted molar refractivity (Wildman–Crippen MR) is 73.7 cm³/mol. The number of ether oxygens (including phenoxy) is 1. The highest BCUT2D eigenvalue weighted by atomic mass is 19.4. The van der Waals surface area contributed by atoms with Crippen molar-refractivity contribution in [2.24, 2.45) is 0 Å². The van der Waals surface area contributed by atoms with Crippen LogP contribution in [0.2, 0.25) is 0 Å². The van der Waals surface area contributed by atoms with Gasteiger partial charge in [0.15, 0.2) is 6.61 Å². The normalized spacial score (nSPS) is 18.7. The van der Waals surface area contributed by atoms with Crippen molar-refractivity contribution in [2.45, 2.75) is 31.6 Å². The Kier molecular flexibility index (Phi) is 3.91. The van der Waals surface area contributed by atoms with Gasteiger partial charge in [-0.2, -0.15) is 13.2 Å². The number of carbonyl (C=O) groups is 2. The maximum Gasteiger partial charge on any atom is 0.422 e. The van der Waals surface area contributed by atoms with Crippen LogP contribution < -0.4 is 4.74 Å². The van der Waals surface area contributed by atoms with Crippen LogP contribution in [0.5, 0.6) is 5.75 Å². The molecule has 0 N–H and O–H groups in total. The number of alkyl halides is 3. The van der Waals surface area contributed by atoms with Gasteiger partial charge in [-0.05, 0) is 30.5 Å². The van der Waals surface area contributed by atoms with Crippen LogP contribution in [0.4, 0.5) is 18.0 Å². The van der Waals surface area contributed by atoms with E-state index in [-0.39, 0.29) is 36.8 Å². The van der Waals surface area contributed by atoms with Crippen molar-refractivity contribution in [1.29, 1.82) is 0 Å². The monoisotopic (exact) mass is 328 g/mol. The lowest BCUT2D eigenvalue weighted by molar-refractivity contribution is -0.153. The number of hydrogen-bond acceptors (Lipinski definition) is 3. The first-order valence-electron chi connectivity index (χ1n) is 7.23. The van der Waals surface area contributed by atoms with E-state index in [4.69, 9.17) is 0 Å². The molecule has 0 atom stereocenters. The van der Waals surface area contributed by atoms with Crippen LogP contribution in [0.1, 0.15) is 18.4 Å². The number of imide groups is 1. The van der Waals surface area contributed by atoms with Gasteiger partial charge in [-0.3, -0.25) is 9.69 Å². The Bertz CT molecular complexity index is 611. The number of nitrogens with zero attached hydrogens (tertiary/aromatic N) is 2. The van der Waals surface area contributed by atoms with Gasteiger partial charge in [0.05, 0.1) is 6.54 Å². The zero-order valence-electron chi connectivity index (χ0n) is 12.2. The molecule has 2 fully saturated rings. The van der Waals surface area contributed by atoms with Gasteiger partial charge >= 0.3 is 12.2 Å². The molecular formula is C15H15F3N2O3. The molecular weight excluding hydrogens is 313 g/mol. The summed E-state index contributed by atoms with van der Waals surface area (Å²) in [6, 6.07) is 5.76. The Morgan fingerprint density at radius 1 is 1.13 bits per heavy atom. The second-order valence-electron chi connectivity index (χ2n) is 5.67. The first-order valence-corrected chi connectivity index (χ1v) is 7.23. The fourth-order valence-electron chi connectivity index (χ4n) is 2.43. The predicted octanol–water partition coefficient (Wildman–Crippen LogP) is 2.55. The lowest BCUT2D eigenvalue weighted by Gasteiger charge is -2.16. The van der Waals surface area contributed by atoms with Crippen molar-refractivity contribution < 1.29 is 27.5 Å². The topological polar surface area (TPSA) is 49.9 Å². The van der Waals surface area contributed by atoms with Crippen molar-refractivity contribution in [3.63, 3.8) is 0 Å². The highest BCUT2D eigenvalue weighted by molar-refractivity contribution is 6.02. The molecule has 1 aromatic rings. The summed E-state index contributed by atoms with van der Waals surface area (Å²) >= 11 is 0. The minimum atomic E-state index is -4.39. The minimum Gasteiger partial charge on any atom is -0.484 e. The number of amides is 3. The Hall–Kier alpha value is -2.25. The van der Waals surface area contributed by atoms with E-state index >= 15 is 0 Å². The summed E-state index contributed by atoms with van der Waals surface area (Å²) in [5, 5.41) is 0. The third kappa shape index (κ3) is 3.75. The van der Waals surface area contributed by atoms with Gasteiger partial charge in [0.25, 0.3) is 5.91 Å². The lowest BCUT2D eigenvalue weighted by atomic mass is 10.2. The molecule has 3 amide bonds. The average Bonchev–Trinajstić information content (AvgIpc) is 3.28. The summed E-state index contributed by atoms with van der Waals surface area (Å²) in [6.07, 6.45) is -2.53. The molecule has 3 rings (SSSR count). The van der Waals surface area contributed by atoms with E-state index in [1.165, 1.54) is 17.0 Å². The number of benzene rings is 1. The molecule has 1 aliphatic heterocycles. The second kappa shape index (κ2) is 5.75. The maximum atomic E-state index is 12.2. The van der Waals surface area contributed by atoms with Crippen LogP contribution in [0.25, 0.3) is 0 Å². The molecule has 5 nitrogen and oxygen atoms in total. The highest BCUT2D eigenvalue weighted by Gasteiger charge is 2.43. The molecule has 0 unspecified atom stereocenters. The molecule has 0 radical (unpaired) electrons. The summed E-state index contributed by atoms with van der Waals surface area (Å²) in [7, 11) is 0. The Labute approximate surface area is 130 Å². The van der Waals surface area contributed by atoms with Gasteiger partial charge < -0.3 is 9.64 Å². The van der Waals surface area contributed by atoms with Gasteiger partial charge in [0.1, 0.15) is 12.3 Å². The number of urea groups is 1. The van der Waals surface area contributed by atoms with Gasteiger partial charge in [0, 0.05) is 6.04 Å². The SMILES string of the molecule is O=C1CN(C2CC2)C(=O)N1Cc1ccc(OCC(F)(F)F)cc1. The number of halogens is 3. The third-order valence-electron chi connectivity index (χ3n) is 3.74. The highest BCUT2D eigenvalue weighted by Crippen LogP contribution is 2.31. The van der Waals surface area contributed by atoms with E-state index in [1.54, 1.807) is 17.0 Å². The quantitative estimate of drug-likeness (QED) is 0.781. The van der Waals surface area contributed by atoms with E-state index in [0.29, 0.717) is 5.56 Å². The maximum absolute atomic E-state index is 12.2. The van der Waals surface area contributed by atoms with Crippen molar-refractivity contribution in [3.8, 4) is 5.75 Å². The minimum absolute atomic E-state index is 0.0877. The van der Waals surface area contributed by atoms with E-state index in [1.807, 2.05) is 0 Å². The summed E-state index contributed by atoms with van der Waals surface area (Å²) in [6.45, 7) is -1.14. The summed E-state index contributed by atoms with van der Waals surface area (Å²) in [5.74, 6) is -0.163. The Balaban J connectivity index is 1.60. The van der Waals surface area contributed by atoms with Crippen LogP contribution in [-0.4, -0.2) is 47.1 Å². The van der Waals surface area contributed by atoms with E-state index in [9.17, 15) is 22.8 Å².